The summed E-state index contributed by atoms with van der Waals surface area (Å²) in [5, 5.41) is 14.7. The van der Waals surface area contributed by atoms with Gasteiger partial charge in [0, 0.05) is 11.3 Å². The van der Waals surface area contributed by atoms with Crippen molar-refractivity contribution in [1.29, 1.82) is 0 Å². The number of rotatable bonds is 5. The number of aryl methyl sites for hydroxylation is 1. The lowest BCUT2D eigenvalue weighted by molar-refractivity contribution is 0.0696. The quantitative estimate of drug-likeness (QED) is 0.498. The largest absolute Gasteiger partial charge is 0.478 e. The summed E-state index contributed by atoms with van der Waals surface area (Å²) in [6.45, 7) is 8.18. The Labute approximate surface area is 187 Å². The van der Waals surface area contributed by atoms with Crippen LogP contribution >= 0.6 is 0 Å². The minimum atomic E-state index is -1.08. The smallest absolute Gasteiger partial charge is 0.335 e. The topological polar surface area (TPSA) is 95.5 Å². The first kappa shape index (κ1) is 22.7. The highest BCUT2D eigenvalue weighted by Gasteiger charge is 2.17. The fourth-order valence-electron chi connectivity index (χ4n) is 3.20. The minimum absolute atomic E-state index is 0.0191. The van der Waals surface area contributed by atoms with E-state index in [-0.39, 0.29) is 22.4 Å². The first-order chi connectivity index (χ1) is 15.0. The Morgan fingerprint density at radius 1 is 0.781 bits per heavy atom. The van der Waals surface area contributed by atoms with Crippen LogP contribution in [0, 0.1) is 6.92 Å². The molecule has 3 aromatic carbocycles. The van der Waals surface area contributed by atoms with Crippen molar-refractivity contribution in [1.82, 2.24) is 0 Å². The summed E-state index contributed by atoms with van der Waals surface area (Å²) < 4.78 is 0. The average molecular weight is 431 g/mol. The van der Waals surface area contributed by atoms with Crippen LogP contribution in [-0.4, -0.2) is 22.9 Å². The molecule has 3 N–H and O–H groups in total. The first-order valence-electron chi connectivity index (χ1n) is 10.2. The van der Waals surface area contributed by atoms with Crippen LogP contribution in [0.4, 0.5) is 11.4 Å². The lowest BCUT2D eigenvalue weighted by Gasteiger charge is -2.19. The van der Waals surface area contributed by atoms with E-state index in [9.17, 15) is 14.4 Å². The van der Waals surface area contributed by atoms with Crippen LogP contribution in [0.5, 0.6) is 0 Å². The summed E-state index contributed by atoms with van der Waals surface area (Å²) in [4.78, 5) is 36.9. The number of aromatic carboxylic acids is 1. The molecule has 3 rings (SSSR count). The molecule has 0 unspecified atom stereocenters. The van der Waals surface area contributed by atoms with Gasteiger partial charge in [-0.05, 0) is 65.9 Å². The second kappa shape index (κ2) is 9.06. The number of carboxylic acids is 1. The van der Waals surface area contributed by atoms with Gasteiger partial charge in [0.2, 0.25) is 0 Å². The maximum Gasteiger partial charge on any atom is 0.335 e. The minimum Gasteiger partial charge on any atom is -0.478 e. The number of hydrogen-bond donors (Lipinski definition) is 3. The zero-order valence-electron chi connectivity index (χ0n) is 18.5. The molecule has 0 fully saturated rings. The van der Waals surface area contributed by atoms with Crippen molar-refractivity contribution in [2.45, 2.75) is 33.1 Å². The van der Waals surface area contributed by atoms with E-state index in [1.54, 1.807) is 42.5 Å². The van der Waals surface area contributed by atoms with E-state index in [2.05, 4.69) is 31.4 Å². The van der Waals surface area contributed by atoms with Crippen LogP contribution in [0.15, 0.2) is 66.7 Å². The number of anilines is 2. The van der Waals surface area contributed by atoms with Gasteiger partial charge in [0.05, 0.1) is 16.8 Å². The van der Waals surface area contributed by atoms with Gasteiger partial charge in [-0.1, -0.05) is 45.0 Å². The maximum absolute atomic E-state index is 12.9. The molecule has 0 saturated carbocycles. The van der Waals surface area contributed by atoms with Gasteiger partial charge in [0.25, 0.3) is 11.8 Å². The molecule has 0 saturated heterocycles. The number of carboxylic acid groups (broad SMARTS) is 1. The van der Waals surface area contributed by atoms with Crippen molar-refractivity contribution in [3.05, 3.63) is 94.5 Å². The molecule has 0 spiro atoms. The number of nitrogens with one attached hydrogen (secondary N) is 2. The van der Waals surface area contributed by atoms with E-state index < -0.39 is 11.9 Å². The second-order valence-corrected chi connectivity index (χ2v) is 8.67. The zero-order chi connectivity index (χ0) is 23.5. The van der Waals surface area contributed by atoms with E-state index >= 15 is 0 Å². The molecule has 6 heteroatoms. The third-order valence-electron chi connectivity index (χ3n) is 5.05. The van der Waals surface area contributed by atoms with Gasteiger partial charge in [-0.3, -0.25) is 9.59 Å². The van der Waals surface area contributed by atoms with Gasteiger partial charge in [-0.25, -0.2) is 4.79 Å². The number of benzene rings is 3. The third kappa shape index (κ3) is 5.40. The summed E-state index contributed by atoms with van der Waals surface area (Å²) in [7, 11) is 0. The van der Waals surface area contributed by atoms with Gasteiger partial charge in [0.15, 0.2) is 0 Å². The van der Waals surface area contributed by atoms with Crippen molar-refractivity contribution < 1.29 is 19.5 Å². The number of carbonyl (C=O) groups excluding carboxylic acids is 2. The summed E-state index contributed by atoms with van der Waals surface area (Å²) in [6, 6.07) is 18.5. The molecule has 164 valence electrons. The van der Waals surface area contributed by atoms with Crippen LogP contribution in [0.3, 0.4) is 0 Å². The van der Waals surface area contributed by atoms with Crippen LogP contribution in [0.25, 0.3) is 0 Å². The Morgan fingerprint density at radius 3 is 2.09 bits per heavy atom. The summed E-state index contributed by atoms with van der Waals surface area (Å²) >= 11 is 0. The molecule has 0 aliphatic rings. The van der Waals surface area contributed by atoms with Crippen LogP contribution in [0.1, 0.15) is 63.0 Å². The van der Waals surface area contributed by atoms with E-state index in [1.165, 1.54) is 12.1 Å². The number of hydrogen-bond acceptors (Lipinski definition) is 3. The van der Waals surface area contributed by atoms with Gasteiger partial charge in [-0.15, -0.1) is 0 Å². The Balaban J connectivity index is 1.83. The van der Waals surface area contributed by atoms with Crippen LogP contribution in [-0.2, 0) is 5.41 Å². The monoisotopic (exact) mass is 430 g/mol. The predicted molar refractivity (Wildman–Crippen MR) is 126 cm³/mol. The Morgan fingerprint density at radius 2 is 1.47 bits per heavy atom. The Bertz CT molecular complexity index is 1180. The summed E-state index contributed by atoms with van der Waals surface area (Å²) in [6.07, 6.45) is 0. The van der Waals surface area contributed by atoms with Gasteiger partial charge in [-0.2, -0.15) is 0 Å². The van der Waals surface area contributed by atoms with E-state index in [4.69, 9.17) is 5.11 Å². The number of carbonyl (C=O) groups is 3. The molecule has 0 heterocycles. The normalized spacial score (nSPS) is 11.0. The van der Waals surface area contributed by atoms with Gasteiger partial charge >= 0.3 is 5.97 Å². The van der Waals surface area contributed by atoms with Gasteiger partial charge < -0.3 is 15.7 Å². The Hall–Kier alpha value is -3.93. The Kier molecular flexibility index (Phi) is 6.44. The second-order valence-electron chi connectivity index (χ2n) is 8.67. The molecule has 2 amide bonds. The third-order valence-corrected chi connectivity index (χ3v) is 5.05. The number of amides is 2. The lowest BCUT2D eigenvalue weighted by atomic mass is 9.86. The molecule has 0 atom stereocenters. The fourth-order valence-corrected chi connectivity index (χ4v) is 3.20. The highest BCUT2D eigenvalue weighted by molar-refractivity contribution is 6.12. The zero-order valence-corrected chi connectivity index (χ0v) is 18.5. The molecule has 0 aliphatic heterocycles. The maximum atomic E-state index is 12.9. The van der Waals surface area contributed by atoms with Gasteiger partial charge in [0.1, 0.15) is 0 Å². The molecule has 3 aromatic rings. The predicted octanol–water partition coefficient (Wildman–Crippen LogP) is 5.50. The van der Waals surface area contributed by atoms with Crippen molar-refractivity contribution in [2.24, 2.45) is 0 Å². The molecular formula is C26H26N2O4. The SMILES string of the molecule is Cc1ccc(C(=O)Nc2cccc(C(=O)O)c2)c(NC(=O)c2ccc(C(C)(C)C)cc2)c1. The summed E-state index contributed by atoms with van der Waals surface area (Å²) in [5.41, 5.74) is 3.54. The van der Waals surface area contributed by atoms with Crippen molar-refractivity contribution in [3.8, 4) is 0 Å². The highest BCUT2D eigenvalue weighted by atomic mass is 16.4. The summed E-state index contributed by atoms with van der Waals surface area (Å²) in [5.74, 6) is -1.86. The fraction of sp³-hybridized carbons (Fsp3) is 0.192. The van der Waals surface area contributed by atoms with Crippen molar-refractivity contribution >= 4 is 29.2 Å². The molecule has 0 bridgehead atoms. The average Bonchev–Trinajstić information content (AvgIpc) is 2.73. The van der Waals surface area contributed by atoms with E-state index in [0.29, 0.717) is 16.9 Å². The van der Waals surface area contributed by atoms with Crippen molar-refractivity contribution in [3.63, 3.8) is 0 Å². The molecular weight excluding hydrogens is 404 g/mol. The molecule has 0 aromatic heterocycles. The molecule has 0 radical (unpaired) electrons. The standard InChI is InChI=1S/C26H26N2O4/c1-16-8-13-21(24(30)27-20-7-5-6-18(15-20)25(31)32)22(14-16)28-23(29)17-9-11-19(12-10-17)26(2,3)4/h5-15H,1-4H3,(H,27,30)(H,28,29)(H,31,32). The van der Waals surface area contributed by atoms with Crippen LogP contribution < -0.4 is 10.6 Å². The van der Waals surface area contributed by atoms with Crippen LogP contribution in [0.2, 0.25) is 0 Å². The first-order valence-corrected chi connectivity index (χ1v) is 10.2. The molecule has 32 heavy (non-hydrogen) atoms. The lowest BCUT2D eigenvalue weighted by Crippen LogP contribution is -2.19. The molecule has 6 nitrogen and oxygen atoms in total. The highest BCUT2D eigenvalue weighted by Crippen LogP contribution is 2.24. The molecule has 0 aliphatic carbocycles. The van der Waals surface area contributed by atoms with E-state index in [1.807, 2.05) is 19.1 Å². The van der Waals surface area contributed by atoms with Crippen molar-refractivity contribution in [2.75, 3.05) is 10.6 Å². The van der Waals surface area contributed by atoms with E-state index in [0.717, 1.165) is 11.1 Å².